The van der Waals surface area contributed by atoms with Gasteiger partial charge in [-0.2, -0.15) is 0 Å². The SMILES string of the molecule is CCCCCCCC/C=C\CCCCCCCCC1=NCC[N+]1(O)CC.[Cl-]. The van der Waals surface area contributed by atoms with Gasteiger partial charge in [0.1, 0.15) is 13.1 Å². The molecule has 0 aromatic rings. The molecule has 1 aliphatic rings. The van der Waals surface area contributed by atoms with Crippen molar-refractivity contribution in [2.75, 3.05) is 19.6 Å². The highest BCUT2D eigenvalue weighted by atomic mass is 35.5. The molecule has 1 unspecified atom stereocenters. The summed E-state index contributed by atoms with van der Waals surface area (Å²) in [5.74, 6) is 1.02. The Hall–Kier alpha value is -0.380. The molecule has 1 rings (SSSR count). The summed E-state index contributed by atoms with van der Waals surface area (Å²) in [5, 5.41) is 10.4. The number of allylic oxidation sites excluding steroid dienone is 2. The third-order valence-electron chi connectivity index (χ3n) is 5.68. The van der Waals surface area contributed by atoms with Gasteiger partial charge in [0.15, 0.2) is 0 Å². The average molecular weight is 401 g/mol. The molecule has 1 N–H and O–H groups in total. The predicted molar refractivity (Wildman–Crippen MR) is 114 cm³/mol. The summed E-state index contributed by atoms with van der Waals surface area (Å²) in [7, 11) is 0. The number of unbranched alkanes of at least 4 members (excludes halogenated alkanes) is 12. The summed E-state index contributed by atoms with van der Waals surface area (Å²) < 4.78 is 0.102. The third kappa shape index (κ3) is 12.6. The maximum absolute atomic E-state index is 10.4. The number of amidine groups is 1. The first-order valence-electron chi connectivity index (χ1n) is 11.5. The van der Waals surface area contributed by atoms with Crippen molar-refractivity contribution >= 4 is 5.84 Å². The van der Waals surface area contributed by atoms with Crippen LogP contribution in [0.3, 0.4) is 0 Å². The lowest BCUT2D eigenvalue weighted by Gasteiger charge is -2.23. The van der Waals surface area contributed by atoms with Crippen molar-refractivity contribution in [2.24, 2.45) is 4.99 Å². The largest absolute Gasteiger partial charge is 1.00 e. The molecule has 0 bridgehead atoms. The Morgan fingerprint density at radius 2 is 1.33 bits per heavy atom. The van der Waals surface area contributed by atoms with Crippen molar-refractivity contribution in [3.8, 4) is 0 Å². The summed E-state index contributed by atoms with van der Waals surface area (Å²) in [6.07, 6.45) is 24.5. The van der Waals surface area contributed by atoms with Crippen LogP contribution < -0.4 is 12.4 Å². The molecule has 160 valence electrons. The molecule has 1 aliphatic heterocycles. The highest BCUT2D eigenvalue weighted by Crippen LogP contribution is 2.17. The van der Waals surface area contributed by atoms with E-state index in [1.165, 1.54) is 89.9 Å². The molecule has 1 heterocycles. The molecule has 27 heavy (non-hydrogen) atoms. The number of likely N-dealkylation sites (N-methyl/N-ethyl adjacent to an activating group) is 1. The third-order valence-corrected chi connectivity index (χ3v) is 5.68. The summed E-state index contributed by atoms with van der Waals surface area (Å²) in [6, 6.07) is 0. The van der Waals surface area contributed by atoms with Crippen LogP contribution >= 0.6 is 0 Å². The number of hydrogen-bond donors (Lipinski definition) is 1. The van der Waals surface area contributed by atoms with E-state index in [1.54, 1.807) is 0 Å². The van der Waals surface area contributed by atoms with E-state index in [0.29, 0.717) is 0 Å². The number of hydrogen-bond acceptors (Lipinski definition) is 2. The van der Waals surface area contributed by atoms with Gasteiger partial charge in [0.05, 0.1) is 6.54 Å². The minimum absolute atomic E-state index is 0. The van der Waals surface area contributed by atoms with Crippen LogP contribution in [0, 0.1) is 0 Å². The number of aliphatic imine (C=N–C) groups is 1. The number of rotatable bonds is 17. The first-order chi connectivity index (χ1) is 12.7. The highest BCUT2D eigenvalue weighted by Gasteiger charge is 2.34. The molecule has 0 aromatic heterocycles. The second kappa shape index (κ2) is 17.7. The van der Waals surface area contributed by atoms with Crippen LogP contribution in [-0.2, 0) is 0 Å². The van der Waals surface area contributed by atoms with E-state index in [9.17, 15) is 5.21 Å². The normalized spacial score (nSPS) is 19.4. The van der Waals surface area contributed by atoms with Crippen LogP contribution in [0.25, 0.3) is 0 Å². The van der Waals surface area contributed by atoms with Crippen molar-refractivity contribution in [2.45, 2.75) is 110 Å². The van der Waals surface area contributed by atoms with Gasteiger partial charge in [-0.25, -0.2) is 10.2 Å². The molecule has 0 aliphatic carbocycles. The average Bonchev–Trinajstić information content (AvgIpc) is 3.02. The molecule has 0 saturated heterocycles. The molecule has 0 fully saturated rings. The van der Waals surface area contributed by atoms with E-state index in [4.69, 9.17) is 0 Å². The molecular weight excluding hydrogens is 356 g/mol. The summed E-state index contributed by atoms with van der Waals surface area (Å²) >= 11 is 0. The van der Waals surface area contributed by atoms with Crippen molar-refractivity contribution in [3.63, 3.8) is 0 Å². The maximum Gasteiger partial charge on any atom is 0.231 e. The molecule has 3 nitrogen and oxygen atoms in total. The van der Waals surface area contributed by atoms with Gasteiger partial charge in [0, 0.05) is 6.42 Å². The molecule has 0 saturated carbocycles. The second-order valence-electron chi connectivity index (χ2n) is 7.95. The number of hydroxylamine groups is 3. The van der Waals surface area contributed by atoms with Crippen molar-refractivity contribution in [1.82, 2.24) is 0 Å². The van der Waals surface area contributed by atoms with Crippen LogP contribution in [-0.4, -0.2) is 35.3 Å². The van der Waals surface area contributed by atoms with Gasteiger partial charge in [0.25, 0.3) is 0 Å². The molecule has 0 aromatic carbocycles. The number of halogens is 1. The smallest absolute Gasteiger partial charge is 0.231 e. The lowest BCUT2D eigenvalue weighted by Crippen LogP contribution is -3.00. The van der Waals surface area contributed by atoms with Gasteiger partial charge in [-0.05, 0) is 39.0 Å². The van der Waals surface area contributed by atoms with E-state index in [0.717, 1.165) is 31.9 Å². The van der Waals surface area contributed by atoms with Crippen molar-refractivity contribution in [1.29, 1.82) is 0 Å². The minimum Gasteiger partial charge on any atom is -1.00 e. The van der Waals surface area contributed by atoms with E-state index >= 15 is 0 Å². The fourth-order valence-electron chi connectivity index (χ4n) is 3.76. The number of nitrogens with zero attached hydrogens (tertiary/aromatic N) is 2. The van der Waals surface area contributed by atoms with E-state index < -0.39 is 0 Å². The van der Waals surface area contributed by atoms with Gasteiger partial charge in [-0.15, -0.1) is 4.65 Å². The molecule has 4 heteroatoms. The van der Waals surface area contributed by atoms with E-state index in [1.807, 2.05) is 6.92 Å². The zero-order valence-corrected chi connectivity index (χ0v) is 18.9. The Morgan fingerprint density at radius 1 is 0.815 bits per heavy atom. The van der Waals surface area contributed by atoms with Gasteiger partial charge in [-0.1, -0.05) is 76.9 Å². The molecule has 0 spiro atoms. The fraction of sp³-hybridized carbons (Fsp3) is 0.870. The standard InChI is InChI=1S/C23H45N2O.ClH/c1-3-5-6-7-8-9-10-11-12-13-14-15-16-17-18-19-20-23-24-21-22-25(23,26)4-2;/h11-12,26H,3-10,13-22H2,1-2H3;1H/q+1;/p-1/b12-11-;. The monoisotopic (exact) mass is 400 g/mol. The topological polar surface area (TPSA) is 32.6 Å². The summed E-state index contributed by atoms with van der Waals surface area (Å²) in [6.45, 7) is 6.65. The molecule has 0 radical (unpaired) electrons. The first-order valence-corrected chi connectivity index (χ1v) is 11.5. The quantitative estimate of drug-likeness (QED) is 0.223. The van der Waals surface area contributed by atoms with Crippen LogP contribution in [0.15, 0.2) is 17.1 Å². The zero-order valence-electron chi connectivity index (χ0n) is 18.1. The second-order valence-corrected chi connectivity index (χ2v) is 7.95. The molecular formula is C23H45ClN2O. The maximum atomic E-state index is 10.4. The lowest BCUT2D eigenvalue weighted by atomic mass is 10.1. The van der Waals surface area contributed by atoms with Gasteiger partial charge < -0.3 is 12.4 Å². The van der Waals surface area contributed by atoms with Crippen LogP contribution in [0.5, 0.6) is 0 Å². The van der Waals surface area contributed by atoms with Crippen LogP contribution in [0.1, 0.15) is 110 Å². The Labute approximate surface area is 175 Å². The Balaban J connectivity index is 0.00000676. The Bertz CT molecular complexity index is 398. The zero-order chi connectivity index (χ0) is 18.9. The van der Waals surface area contributed by atoms with E-state index in [2.05, 4.69) is 24.1 Å². The van der Waals surface area contributed by atoms with Gasteiger partial charge in [0.2, 0.25) is 5.84 Å². The summed E-state index contributed by atoms with van der Waals surface area (Å²) in [5.41, 5.74) is 0. The number of quaternary nitrogens is 1. The Kier molecular flexibility index (Phi) is 17.5. The summed E-state index contributed by atoms with van der Waals surface area (Å²) in [4.78, 5) is 4.50. The predicted octanol–water partition coefficient (Wildman–Crippen LogP) is 4.06. The minimum atomic E-state index is 0. The van der Waals surface area contributed by atoms with E-state index in [-0.39, 0.29) is 17.1 Å². The first kappa shape index (κ1) is 26.6. The highest BCUT2D eigenvalue weighted by molar-refractivity contribution is 5.76. The fourth-order valence-corrected chi connectivity index (χ4v) is 3.76. The molecule has 1 atom stereocenters. The van der Waals surface area contributed by atoms with Crippen molar-refractivity contribution in [3.05, 3.63) is 12.2 Å². The molecule has 0 amide bonds. The Morgan fingerprint density at radius 3 is 1.89 bits per heavy atom. The van der Waals surface area contributed by atoms with Gasteiger partial charge in [-0.3, -0.25) is 0 Å². The van der Waals surface area contributed by atoms with Gasteiger partial charge >= 0.3 is 0 Å². The van der Waals surface area contributed by atoms with Crippen molar-refractivity contribution < 1.29 is 22.3 Å². The van der Waals surface area contributed by atoms with Crippen LogP contribution in [0.2, 0.25) is 0 Å². The van der Waals surface area contributed by atoms with Crippen LogP contribution in [0.4, 0.5) is 0 Å². The lowest BCUT2D eigenvalue weighted by molar-refractivity contribution is -1.03.